The lowest BCUT2D eigenvalue weighted by atomic mass is 9.92. The van der Waals surface area contributed by atoms with Crippen LogP contribution in [0.15, 0.2) is 41.9 Å². The molecular formula is C22H28F3NO3S. The molecule has 166 valence electrons. The summed E-state index contributed by atoms with van der Waals surface area (Å²) in [7, 11) is 0.869. The minimum Gasteiger partial charge on any atom is -0.452 e. The van der Waals surface area contributed by atoms with Crippen LogP contribution in [0.25, 0.3) is 0 Å². The molecule has 2 atom stereocenters. The number of unbranched alkanes of at least 4 members (excludes halogenated alkanes) is 5. The normalized spacial score (nSPS) is 14.8. The van der Waals surface area contributed by atoms with Gasteiger partial charge in [0.05, 0.1) is 0 Å². The molecule has 0 spiro atoms. The number of carbonyl (C=O) groups is 1. The van der Waals surface area contributed by atoms with Gasteiger partial charge in [0, 0.05) is 24.3 Å². The van der Waals surface area contributed by atoms with E-state index in [0.29, 0.717) is 11.4 Å². The molecule has 1 aromatic heterocycles. The van der Waals surface area contributed by atoms with Crippen molar-refractivity contribution in [3.63, 3.8) is 0 Å². The monoisotopic (exact) mass is 443 g/mol. The van der Waals surface area contributed by atoms with Crippen LogP contribution in [0.4, 0.5) is 13.2 Å². The SMILES string of the molecule is CCCCCCCC[C@H](OC(=O)[C@@](OC)(c1ccccc1)C(F)(F)F)c1nccs1. The molecule has 0 bridgehead atoms. The van der Waals surface area contributed by atoms with Crippen LogP contribution in [-0.4, -0.2) is 24.2 Å². The number of rotatable bonds is 12. The molecule has 0 fully saturated rings. The Kier molecular flexibility index (Phi) is 9.30. The van der Waals surface area contributed by atoms with Crippen LogP contribution >= 0.6 is 11.3 Å². The third kappa shape index (κ3) is 5.82. The van der Waals surface area contributed by atoms with Gasteiger partial charge in [-0.1, -0.05) is 69.4 Å². The third-order valence-electron chi connectivity index (χ3n) is 4.97. The Morgan fingerprint density at radius 1 is 1.10 bits per heavy atom. The first-order valence-corrected chi connectivity index (χ1v) is 11.0. The molecule has 0 unspecified atom stereocenters. The van der Waals surface area contributed by atoms with Crippen LogP contribution < -0.4 is 0 Å². The highest BCUT2D eigenvalue weighted by Gasteiger charge is 2.64. The second kappa shape index (κ2) is 11.5. The van der Waals surface area contributed by atoms with Crippen molar-refractivity contribution in [1.29, 1.82) is 0 Å². The van der Waals surface area contributed by atoms with Gasteiger partial charge in [-0.25, -0.2) is 9.78 Å². The lowest BCUT2D eigenvalue weighted by molar-refractivity contribution is -0.278. The molecule has 0 amide bonds. The van der Waals surface area contributed by atoms with E-state index in [1.165, 1.54) is 35.6 Å². The summed E-state index contributed by atoms with van der Waals surface area (Å²) < 4.78 is 52.5. The van der Waals surface area contributed by atoms with Crippen molar-refractivity contribution in [2.75, 3.05) is 7.11 Å². The number of halogens is 3. The van der Waals surface area contributed by atoms with E-state index in [0.717, 1.165) is 45.6 Å². The quantitative estimate of drug-likeness (QED) is 0.275. The van der Waals surface area contributed by atoms with Gasteiger partial charge in [0.1, 0.15) is 5.01 Å². The lowest BCUT2D eigenvalue weighted by Gasteiger charge is -2.33. The molecule has 8 heteroatoms. The van der Waals surface area contributed by atoms with Crippen LogP contribution in [-0.2, 0) is 19.9 Å². The zero-order chi connectivity index (χ0) is 22.0. The Labute approximate surface area is 179 Å². The average molecular weight is 444 g/mol. The molecular weight excluding hydrogens is 415 g/mol. The summed E-state index contributed by atoms with van der Waals surface area (Å²) in [5, 5.41) is 2.19. The van der Waals surface area contributed by atoms with Crippen molar-refractivity contribution >= 4 is 17.3 Å². The maximum atomic E-state index is 14.1. The number of ether oxygens (including phenoxy) is 2. The van der Waals surface area contributed by atoms with Crippen LogP contribution in [0, 0.1) is 0 Å². The zero-order valence-corrected chi connectivity index (χ0v) is 18.1. The van der Waals surface area contributed by atoms with Crippen molar-refractivity contribution in [1.82, 2.24) is 4.98 Å². The Hall–Kier alpha value is -1.93. The first-order valence-electron chi connectivity index (χ1n) is 10.1. The van der Waals surface area contributed by atoms with E-state index in [9.17, 15) is 18.0 Å². The Morgan fingerprint density at radius 2 is 1.77 bits per heavy atom. The van der Waals surface area contributed by atoms with Gasteiger partial charge < -0.3 is 9.47 Å². The fraction of sp³-hybridized carbons (Fsp3) is 0.545. The van der Waals surface area contributed by atoms with E-state index in [2.05, 4.69) is 11.9 Å². The standard InChI is InChI=1S/C22H28F3NO3S/c1-3-4-5-6-7-11-14-18(19-26-15-16-30-19)29-20(27)21(28-2,22(23,24)25)17-12-9-8-10-13-17/h8-10,12-13,15-16,18H,3-7,11,14H2,1-2H3/t18-,21-/m0/s1. The molecule has 0 aliphatic rings. The highest BCUT2D eigenvalue weighted by molar-refractivity contribution is 7.09. The molecule has 0 saturated carbocycles. The smallest absolute Gasteiger partial charge is 0.432 e. The minimum atomic E-state index is -4.99. The molecule has 0 saturated heterocycles. The molecule has 0 N–H and O–H groups in total. The van der Waals surface area contributed by atoms with Crippen LogP contribution in [0.5, 0.6) is 0 Å². The first kappa shape index (κ1) is 24.3. The number of esters is 1. The highest BCUT2D eigenvalue weighted by Crippen LogP contribution is 2.44. The van der Waals surface area contributed by atoms with Gasteiger partial charge in [-0.2, -0.15) is 13.2 Å². The van der Waals surface area contributed by atoms with Crippen molar-refractivity contribution in [2.45, 2.75) is 69.8 Å². The Morgan fingerprint density at radius 3 is 2.33 bits per heavy atom. The second-order valence-corrected chi connectivity index (χ2v) is 8.00. The van der Waals surface area contributed by atoms with E-state index in [1.807, 2.05) is 0 Å². The van der Waals surface area contributed by atoms with E-state index in [-0.39, 0.29) is 5.56 Å². The van der Waals surface area contributed by atoms with E-state index < -0.39 is 23.9 Å². The number of aromatic nitrogens is 1. The van der Waals surface area contributed by atoms with Gasteiger partial charge in [0.2, 0.25) is 0 Å². The summed E-state index contributed by atoms with van der Waals surface area (Å²) in [6.45, 7) is 2.13. The molecule has 1 aromatic carbocycles. The molecule has 2 rings (SSSR count). The Balaban J connectivity index is 2.21. The molecule has 0 aliphatic heterocycles. The van der Waals surface area contributed by atoms with Gasteiger partial charge in [0.15, 0.2) is 6.10 Å². The lowest BCUT2D eigenvalue weighted by Crippen LogP contribution is -2.52. The number of hydrogen-bond donors (Lipinski definition) is 0. The van der Waals surface area contributed by atoms with Crippen molar-refractivity contribution in [3.05, 3.63) is 52.5 Å². The zero-order valence-electron chi connectivity index (χ0n) is 17.3. The van der Waals surface area contributed by atoms with Gasteiger partial charge >= 0.3 is 12.1 Å². The fourth-order valence-corrected chi connectivity index (χ4v) is 4.04. The summed E-state index contributed by atoms with van der Waals surface area (Å²) in [6.07, 6.45) is 2.24. The third-order valence-corrected chi connectivity index (χ3v) is 5.84. The van der Waals surface area contributed by atoms with Crippen LogP contribution in [0.3, 0.4) is 0 Å². The molecule has 30 heavy (non-hydrogen) atoms. The number of hydrogen-bond acceptors (Lipinski definition) is 5. The maximum absolute atomic E-state index is 14.1. The summed E-state index contributed by atoms with van der Waals surface area (Å²) >= 11 is 1.26. The summed E-state index contributed by atoms with van der Waals surface area (Å²) in [5.41, 5.74) is -3.51. The second-order valence-electron chi connectivity index (χ2n) is 7.07. The minimum absolute atomic E-state index is 0.317. The number of benzene rings is 1. The first-order chi connectivity index (χ1) is 14.4. The average Bonchev–Trinajstić information content (AvgIpc) is 3.25. The van der Waals surface area contributed by atoms with E-state index in [1.54, 1.807) is 17.6 Å². The van der Waals surface area contributed by atoms with Gasteiger partial charge in [-0.05, 0) is 12.8 Å². The van der Waals surface area contributed by atoms with E-state index >= 15 is 0 Å². The number of thiazole rings is 1. The number of alkyl halides is 3. The van der Waals surface area contributed by atoms with Gasteiger partial charge in [-0.15, -0.1) is 11.3 Å². The largest absolute Gasteiger partial charge is 0.452 e. The Bertz CT molecular complexity index is 753. The predicted octanol–water partition coefficient (Wildman–Crippen LogP) is 6.58. The summed E-state index contributed by atoms with van der Waals surface area (Å²) in [6, 6.07) is 6.85. The van der Waals surface area contributed by atoms with Crippen LogP contribution in [0.2, 0.25) is 0 Å². The number of carbonyl (C=O) groups excluding carboxylic acids is 1. The fourth-order valence-electron chi connectivity index (χ4n) is 3.34. The molecule has 1 heterocycles. The summed E-state index contributed by atoms with van der Waals surface area (Å²) in [4.78, 5) is 17.1. The van der Waals surface area contributed by atoms with Crippen molar-refractivity contribution in [2.24, 2.45) is 0 Å². The van der Waals surface area contributed by atoms with E-state index in [4.69, 9.17) is 9.47 Å². The summed E-state index contributed by atoms with van der Waals surface area (Å²) in [5.74, 6) is -1.48. The van der Waals surface area contributed by atoms with Gasteiger partial charge in [-0.3, -0.25) is 0 Å². The topological polar surface area (TPSA) is 48.4 Å². The molecule has 2 aromatic rings. The predicted molar refractivity (Wildman–Crippen MR) is 110 cm³/mol. The molecule has 0 aliphatic carbocycles. The molecule has 0 radical (unpaired) electrons. The van der Waals surface area contributed by atoms with Gasteiger partial charge in [0.25, 0.3) is 5.60 Å². The van der Waals surface area contributed by atoms with Crippen molar-refractivity contribution < 1.29 is 27.4 Å². The van der Waals surface area contributed by atoms with Crippen molar-refractivity contribution in [3.8, 4) is 0 Å². The number of nitrogens with zero attached hydrogens (tertiary/aromatic N) is 1. The molecule has 4 nitrogen and oxygen atoms in total. The van der Waals surface area contributed by atoms with Crippen LogP contribution in [0.1, 0.15) is 68.5 Å². The maximum Gasteiger partial charge on any atom is 0.432 e. The number of methoxy groups -OCH3 is 1. The highest BCUT2D eigenvalue weighted by atomic mass is 32.1.